The standard InChI is InChI=1S/C24H29N3O/c25-20-6-7-21-19(14-20)8-11-24(21)16-26-15-22(24)23(28)27-12-9-18(10-13-27)17-4-2-1-3-5-17/h1-7,14,18,22,26H,8-13,15-16,25H2/t22-,24-/m0/s1. The van der Waals surface area contributed by atoms with Crippen LogP contribution >= 0.6 is 0 Å². The van der Waals surface area contributed by atoms with Crippen LogP contribution in [0.25, 0.3) is 0 Å². The van der Waals surface area contributed by atoms with Crippen LogP contribution in [0.3, 0.4) is 0 Å². The van der Waals surface area contributed by atoms with Gasteiger partial charge in [0.25, 0.3) is 0 Å². The smallest absolute Gasteiger partial charge is 0.227 e. The number of benzene rings is 2. The van der Waals surface area contributed by atoms with E-state index in [2.05, 4.69) is 52.7 Å². The number of nitrogens with one attached hydrogen (secondary N) is 1. The molecule has 4 nitrogen and oxygen atoms in total. The highest BCUT2D eigenvalue weighted by atomic mass is 16.2. The van der Waals surface area contributed by atoms with Gasteiger partial charge in [-0.2, -0.15) is 0 Å². The Labute approximate surface area is 167 Å². The molecule has 2 aromatic carbocycles. The molecule has 2 aliphatic heterocycles. The highest BCUT2D eigenvalue weighted by Gasteiger charge is 2.52. The highest BCUT2D eigenvalue weighted by Crippen LogP contribution is 2.47. The van der Waals surface area contributed by atoms with Crippen molar-refractivity contribution in [3.8, 4) is 0 Å². The lowest BCUT2D eigenvalue weighted by atomic mass is 9.72. The van der Waals surface area contributed by atoms with E-state index in [0.29, 0.717) is 11.8 Å². The number of piperidine rings is 1. The molecule has 28 heavy (non-hydrogen) atoms. The molecule has 1 amide bonds. The number of anilines is 1. The van der Waals surface area contributed by atoms with Crippen molar-refractivity contribution in [2.24, 2.45) is 5.92 Å². The first-order valence-electron chi connectivity index (χ1n) is 10.6. The Kier molecular flexibility index (Phi) is 4.39. The van der Waals surface area contributed by atoms with E-state index < -0.39 is 0 Å². The minimum Gasteiger partial charge on any atom is -0.399 e. The van der Waals surface area contributed by atoms with Crippen molar-refractivity contribution in [1.29, 1.82) is 0 Å². The summed E-state index contributed by atoms with van der Waals surface area (Å²) in [6.07, 6.45) is 4.21. The monoisotopic (exact) mass is 375 g/mol. The van der Waals surface area contributed by atoms with Gasteiger partial charge in [0, 0.05) is 37.3 Å². The normalized spacial score (nSPS) is 27.3. The highest BCUT2D eigenvalue weighted by molar-refractivity contribution is 5.82. The second kappa shape index (κ2) is 6.93. The Morgan fingerprint density at radius 3 is 2.68 bits per heavy atom. The van der Waals surface area contributed by atoms with Gasteiger partial charge in [-0.15, -0.1) is 0 Å². The molecule has 0 aromatic heterocycles. The zero-order valence-corrected chi connectivity index (χ0v) is 16.4. The van der Waals surface area contributed by atoms with Gasteiger partial charge in [0.2, 0.25) is 5.91 Å². The van der Waals surface area contributed by atoms with E-state index >= 15 is 0 Å². The molecule has 2 saturated heterocycles. The molecule has 4 heteroatoms. The van der Waals surface area contributed by atoms with Crippen LogP contribution < -0.4 is 11.1 Å². The van der Waals surface area contributed by atoms with Crippen molar-refractivity contribution >= 4 is 11.6 Å². The number of likely N-dealkylation sites (tertiary alicyclic amines) is 1. The van der Waals surface area contributed by atoms with Gasteiger partial charge in [-0.3, -0.25) is 4.79 Å². The van der Waals surface area contributed by atoms with Crippen LogP contribution in [0, 0.1) is 5.92 Å². The maximum Gasteiger partial charge on any atom is 0.227 e. The summed E-state index contributed by atoms with van der Waals surface area (Å²) in [5.41, 5.74) is 10.9. The van der Waals surface area contributed by atoms with Crippen molar-refractivity contribution in [2.45, 2.75) is 37.0 Å². The fourth-order valence-electron chi connectivity index (χ4n) is 5.80. The lowest BCUT2D eigenvalue weighted by Gasteiger charge is -2.38. The number of nitrogens with two attached hydrogens (primary N) is 1. The number of aryl methyl sites for hydroxylation is 1. The number of rotatable bonds is 2. The fraction of sp³-hybridized carbons (Fsp3) is 0.458. The van der Waals surface area contributed by atoms with Crippen LogP contribution in [-0.4, -0.2) is 37.0 Å². The zero-order chi connectivity index (χ0) is 19.1. The van der Waals surface area contributed by atoms with Gasteiger partial charge in [0.05, 0.1) is 5.92 Å². The maximum atomic E-state index is 13.5. The van der Waals surface area contributed by atoms with E-state index in [-0.39, 0.29) is 11.3 Å². The van der Waals surface area contributed by atoms with Crippen LogP contribution in [0.4, 0.5) is 5.69 Å². The molecule has 2 atom stereocenters. The first-order chi connectivity index (χ1) is 13.7. The second-order valence-corrected chi connectivity index (χ2v) is 8.77. The van der Waals surface area contributed by atoms with Gasteiger partial charge < -0.3 is 16.0 Å². The molecule has 2 fully saturated rings. The average Bonchev–Trinajstić information content (AvgIpc) is 3.33. The van der Waals surface area contributed by atoms with E-state index in [1.54, 1.807) is 0 Å². The molecule has 0 bridgehead atoms. The molecular formula is C24H29N3O. The Morgan fingerprint density at radius 2 is 1.89 bits per heavy atom. The Bertz CT molecular complexity index is 873. The molecule has 0 radical (unpaired) electrons. The van der Waals surface area contributed by atoms with E-state index in [9.17, 15) is 4.79 Å². The summed E-state index contributed by atoms with van der Waals surface area (Å²) >= 11 is 0. The molecule has 1 aliphatic carbocycles. The summed E-state index contributed by atoms with van der Waals surface area (Å²) < 4.78 is 0. The summed E-state index contributed by atoms with van der Waals surface area (Å²) in [6.45, 7) is 3.45. The molecule has 1 spiro atoms. The average molecular weight is 376 g/mol. The van der Waals surface area contributed by atoms with Crippen LogP contribution in [0.5, 0.6) is 0 Å². The predicted octanol–water partition coefficient (Wildman–Crippen LogP) is 3.08. The number of hydrogen-bond donors (Lipinski definition) is 2. The van der Waals surface area contributed by atoms with Gasteiger partial charge in [-0.25, -0.2) is 0 Å². The SMILES string of the molecule is Nc1ccc2c(c1)CC[C@]21CNC[C@H]1C(=O)N1CCC(c2ccccc2)CC1. The molecular weight excluding hydrogens is 346 g/mol. The third-order valence-electron chi connectivity index (χ3n) is 7.34. The van der Waals surface area contributed by atoms with Gasteiger partial charge in [-0.1, -0.05) is 36.4 Å². The van der Waals surface area contributed by atoms with Gasteiger partial charge in [0.15, 0.2) is 0 Å². The summed E-state index contributed by atoms with van der Waals surface area (Å²) in [4.78, 5) is 15.7. The third kappa shape index (κ3) is 2.82. The lowest BCUT2D eigenvalue weighted by molar-refractivity contribution is -0.137. The number of fused-ring (bicyclic) bond motifs is 2. The minimum atomic E-state index is -0.0452. The van der Waals surface area contributed by atoms with Crippen LogP contribution in [0.15, 0.2) is 48.5 Å². The largest absolute Gasteiger partial charge is 0.399 e. The van der Waals surface area contributed by atoms with Crippen molar-refractivity contribution in [3.63, 3.8) is 0 Å². The lowest BCUT2D eigenvalue weighted by Crippen LogP contribution is -2.47. The van der Waals surface area contributed by atoms with Crippen LogP contribution in [0.2, 0.25) is 0 Å². The number of nitrogens with zero attached hydrogens (tertiary/aromatic N) is 1. The molecule has 2 aromatic rings. The van der Waals surface area contributed by atoms with E-state index in [4.69, 9.17) is 5.73 Å². The number of carbonyl (C=O) groups is 1. The third-order valence-corrected chi connectivity index (χ3v) is 7.34. The quantitative estimate of drug-likeness (QED) is 0.793. The topological polar surface area (TPSA) is 58.4 Å². The van der Waals surface area contributed by atoms with Gasteiger partial charge >= 0.3 is 0 Å². The molecule has 3 N–H and O–H groups in total. The number of nitrogen functional groups attached to an aromatic ring is 1. The maximum absolute atomic E-state index is 13.5. The van der Waals surface area contributed by atoms with E-state index in [0.717, 1.165) is 57.5 Å². The molecule has 0 unspecified atom stereocenters. The van der Waals surface area contributed by atoms with Gasteiger partial charge in [-0.05, 0) is 60.4 Å². The number of amides is 1. The summed E-state index contributed by atoms with van der Waals surface area (Å²) in [6, 6.07) is 17.0. The summed E-state index contributed by atoms with van der Waals surface area (Å²) in [5, 5.41) is 3.54. The summed E-state index contributed by atoms with van der Waals surface area (Å²) in [7, 11) is 0. The van der Waals surface area contributed by atoms with Crippen LogP contribution in [0.1, 0.15) is 41.9 Å². The first-order valence-corrected chi connectivity index (χ1v) is 10.6. The van der Waals surface area contributed by atoms with Crippen molar-refractivity contribution in [3.05, 3.63) is 65.2 Å². The molecule has 3 aliphatic rings. The number of hydrogen-bond acceptors (Lipinski definition) is 3. The minimum absolute atomic E-state index is 0.0452. The van der Waals surface area contributed by atoms with Crippen LogP contribution in [-0.2, 0) is 16.6 Å². The molecule has 2 heterocycles. The summed E-state index contributed by atoms with van der Waals surface area (Å²) in [5.74, 6) is 0.975. The van der Waals surface area contributed by atoms with Crippen molar-refractivity contribution in [2.75, 3.05) is 31.9 Å². The fourth-order valence-corrected chi connectivity index (χ4v) is 5.80. The second-order valence-electron chi connectivity index (χ2n) is 8.77. The Balaban J connectivity index is 1.33. The van der Waals surface area contributed by atoms with Crippen molar-refractivity contribution in [1.82, 2.24) is 10.2 Å². The predicted molar refractivity (Wildman–Crippen MR) is 112 cm³/mol. The van der Waals surface area contributed by atoms with Gasteiger partial charge in [0.1, 0.15) is 0 Å². The first kappa shape index (κ1) is 17.7. The Morgan fingerprint density at radius 1 is 1.11 bits per heavy atom. The molecule has 5 rings (SSSR count). The number of carbonyl (C=O) groups excluding carboxylic acids is 1. The molecule has 0 saturated carbocycles. The van der Waals surface area contributed by atoms with E-state index in [1.165, 1.54) is 16.7 Å². The van der Waals surface area contributed by atoms with E-state index in [1.807, 2.05) is 6.07 Å². The van der Waals surface area contributed by atoms with Crippen molar-refractivity contribution < 1.29 is 4.79 Å². The molecule has 146 valence electrons. The Hall–Kier alpha value is -2.33. The zero-order valence-electron chi connectivity index (χ0n) is 16.4.